The van der Waals surface area contributed by atoms with Gasteiger partial charge in [-0.05, 0) is 26.3 Å². The molecule has 5 heteroatoms. The molecule has 1 aromatic rings. The van der Waals surface area contributed by atoms with Gasteiger partial charge >= 0.3 is 0 Å². The van der Waals surface area contributed by atoms with Gasteiger partial charge in [-0.3, -0.25) is 4.98 Å². The fourth-order valence-corrected chi connectivity index (χ4v) is 2.47. The van der Waals surface area contributed by atoms with Crippen LogP contribution < -0.4 is 10.2 Å². The van der Waals surface area contributed by atoms with Gasteiger partial charge in [0.15, 0.2) is 0 Å². The average Bonchev–Trinajstić information content (AvgIpc) is 2.48. The molecule has 0 aromatic carbocycles. The number of nitrogens with zero attached hydrogens (tertiary/aromatic N) is 3. The molecule has 1 fully saturated rings. The minimum Gasteiger partial charge on any atom is -0.375 e. The Kier molecular flexibility index (Phi) is 5.73. The lowest BCUT2D eigenvalue weighted by Crippen LogP contribution is -2.49. The number of ether oxygens (including phenoxy) is 1. The number of hydrogen-bond donors (Lipinski definition) is 1. The SMILES string of the molecule is CCCNCc1cncc(N2CC(C)OCC2CC)n1. The summed E-state index contributed by atoms with van der Waals surface area (Å²) in [6.45, 7) is 9.92. The standard InChI is InChI=1S/C15H26N4O/c1-4-6-16-7-13-8-17-9-15(18-13)19-10-12(3)20-11-14(19)5-2/h8-9,12,14,16H,4-7,10-11H2,1-3H3. The van der Waals surface area contributed by atoms with Crippen molar-refractivity contribution in [3.8, 4) is 0 Å². The van der Waals surface area contributed by atoms with E-state index in [9.17, 15) is 0 Å². The van der Waals surface area contributed by atoms with Crippen LogP contribution in [0.25, 0.3) is 0 Å². The topological polar surface area (TPSA) is 50.3 Å². The van der Waals surface area contributed by atoms with Gasteiger partial charge in [-0.2, -0.15) is 0 Å². The van der Waals surface area contributed by atoms with Gasteiger partial charge < -0.3 is 15.0 Å². The van der Waals surface area contributed by atoms with Gasteiger partial charge in [-0.15, -0.1) is 0 Å². The van der Waals surface area contributed by atoms with Crippen LogP contribution in [0, 0.1) is 0 Å². The van der Waals surface area contributed by atoms with Crippen LogP contribution in [0.15, 0.2) is 12.4 Å². The maximum absolute atomic E-state index is 5.74. The summed E-state index contributed by atoms with van der Waals surface area (Å²) in [5.41, 5.74) is 1.00. The normalized spacial score (nSPS) is 23.1. The first-order chi connectivity index (χ1) is 9.74. The highest BCUT2D eigenvalue weighted by atomic mass is 16.5. The van der Waals surface area contributed by atoms with Crippen LogP contribution >= 0.6 is 0 Å². The van der Waals surface area contributed by atoms with Gasteiger partial charge in [0, 0.05) is 19.3 Å². The Morgan fingerprint density at radius 3 is 3.00 bits per heavy atom. The van der Waals surface area contributed by atoms with Crippen LogP contribution in [-0.4, -0.2) is 41.8 Å². The molecule has 1 N–H and O–H groups in total. The minimum atomic E-state index is 0.251. The van der Waals surface area contributed by atoms with Crippen LogP contribution in [0.5, 0.6) is 0 Å². The van der Waals surface area contributed by atoms with E-state index in [1.54, 1.807) is 0 Å². The number of aromatic nitrogens is 2. The second kappa shape index (κ2) is 7.55. The molecule has 0 saturated carbocycles. The maximum Gasteiger partial charge on any atom is 0.147 e. The van der Waals surface area contributed by atoms with E-state index in [1.807, 2.05) is 12.4 Å². The monoisotopic (exact) mass is 278 g/mol. The number of hydrogen-bond acceptors (Lipinski definition) is 5. The third-order valence-electron chi connectivity index (χ3n) is 3.64. The van der Waals surface area contributed by atoms with E-state index < -0.39 is 0 Å². The summed E-state index contributed by atoms with van der Waals surface area (Å²) in [7, 11) is 0. The summed E-state index contributed by atoms with van der Waals surface area (Å²) in [6, 6.07) is 0.402. The molecule has 0 bridgehead atoms. The highest BCUT2D eigenvalue weighted by molar-refractivity contribution is 5.38. The average molecular weight is 278 g/mol. The lowest BCUT2D eigenvalue weighted by molar-refractivity contribution is 0.0296. The van der Waals surface area contributed by atoms with Gasteiger partial charge in [-0.25, -0.2) is 4.98 Å². The molecule has 0 amide bonds. The molecule has 1 aliphatic heterocycles. The second-order valence-electron chi connectivity index (χ2n) is 5.40. The first-order valence-electron chi connectivity index (χ1n) is 7.64. The summed E-state index contributed by atoms with van der Waals surface area (Å²) < 4.78 is 5.74. The molecule has 2 atom stereocenters. The van der Waals surface area contributed by atoms with Gasteiger partial charge in [-0.1, -0.05) is 13.8 Å². The molecule has 1 aromatic heterocycles. The summed E-state index contributed by atoms with van der Waals surface area (Å²) in [4.78, 5) is 11.4. The van der Waals surface area contributed by atoms with Gasteiger partial charge in [0.2, 0.25) is 0 Å². The number of morpholine rings is 1. The van der Waals surface area contributed by atoms with E-state index in [0.717, 1.165) is 50.6 Å². The zero-order valence-electron chi connectivity index (χ0n) is 12.8. The molecule has 1 aliphatic rings. The zero-order valence-corrected chi connectivity index (χ0v) is 12.8. The molecule has 2 unspecified atom stereocenters. The van der Waals surface area contributed by atoms with E-state index in [2.05, 4.69) is 36.0 Å². The molecule has 0 spiro atoms. The van der Waals surface area contributed by atoms with Crippen molar-refractivity contribution >= 4 is 5.82 Å². The largest absolute Gasteiger partial charge is 0.375 e. The van der Waals surface area contributed by atoms with Crippen molar-refractivity contribution in [3.05, 3.63) is 18.1 Å². The van der Waals surface area contributed by atoms with Crippen molar-refractivity contribution in [2.45, 2.75) is 52.3 Å². The highest BCUT2D eigenvalue weighted by Gasteiger charge is 2.26. The smallest absolute Gasteiger partial charge is 0.147 e. The van der Waals surface area contributed by atoms with Crippen LogP contribution in [0.4, 0.5) is 5.82 Å². The van der Waals surface area contributed by atoms with Crippen molar-refractivity contribution in [3.63, 3.8) is 0 Å². The van der Waals surface area contributed by atoms with Gasteiger partial charge in [0.1, 0.15) is 5.82 Å². The molecule has 1 saturated heterocycles. The maximum atomic E-state index is 5.74. The fourth-order valence-electron chi connectivity index (χ4n) is 2.47. The van der Waals surface area contributed by atoms with Crippen molar-refractivity contribution in [2.75, 3.05) is 24.6 Å². The summed E-state index contributed by atoms with van der Waals surface area (Å²) >= 11 is 0. The number of anilines is 1. The fraction of sp³-hybridized carbons (Fsp3) is 0.733. The molecule has 0 aliphatic carbocycles. The summed E-state index contributed by atoms with van der Waals surface area (Å²) in [6.07, 6.45) is 6.15. The minimum absolute atomic E-state index is 0.251. The molecular weight excluding hydrogens is 252 g/mol. The predicted molar refractivity (Wildman–Crippen MR) is 80.9 cm³/mol. The quantitative estimate of drug-likeness (QED) is 0.806. The van der Waals surface area contributed by atoms with Crippen molar-refractivity contribution in [2.24, 2.45) is 0 Å². The Morgan fingerprint density at radius 1 is 1.40 bits per heavy atom. The van der Waals surface area contributed by atoms with Crippen molar-refractivity contribution in [1.29, 1.82) is 0 Å². The molecule has 20 heavy (non-hydrogen) atoms. The summed E-state index contributed by atoms with van der Waals surface area (Å²) in [5, 5.41) is 3.37. The molecule has 5 nitrogen and oxygen atoms in total. The number of nitrogens with one attached hydrogen (secondary N) is 1. The molecule has 2 rings (SSSR count). The lowest BCUT2D eigenvalue weighted by Gasteiger charge is -2.39. The van der Waals surface area contributed by atoms with Gasteiger partial charge in [0.25, 0.3) is 0 Å². The summed E-state index contributed by atoms with van der Waals surface area (Å²) in [5.74, 6) is 0.975. The van der Waals surface area contributed by atoms with Crippen molar-refractivity contribution < 1.29 is 4.74 Å². The Labute approximate surface area is 121 Å². The zero-order chi connectivity index (χ0) is 14.4. The second-order valence-corrected chi connectivity index (χ2v) is 5.40. The van der Waals surface area contributed by atoms with Gasteiger partial charge in [0.05, 0.1) is 30.6 Å². The highest BCUT2D eigenvalue weighted by Crippen LogP contribution is 2.21. The van der Waals surface area contributed by atoms with E-state index in [-0.39, 0.29) is 6.10 Å². The first-order valence-corrected chi connectivity index (χ1v) is 7.64. The van der Waals surface area contributed by atoms with E-state index >= 15 is 0 Å². The van der Waals surface area contributed by atoms with Crippen LogP contribution in [0.1, 0.15) is 39.3 Å². The molecule has 2 heterocycles. The third kappa shape index (κ3) is 3.90. The third-order valence-corrected chi connectivity index (χ3v) is 3.64. The van der Waals surface area contributed by atoms with Crippen LogP contribution in [-0.2, 0) is 11.3 Å². The molecular formula is C15H26N4O. The molecule has 112 valence electrons. The Balaban J connectivity index is 2.07. The van der Waals surface area contributed by atoms with Crippen molar-refractivity contribution in [1.82, 2.24) is 15.3 Å². The Morgan fingerprint density at radius 2 is 2.25 bits per heavy atom. The first kappa shape index (κ1) is 15.2. The predicted octanol–water partition coefficient (Wildman–Crippen LogP) is 1.98. The Hall–Kier alpha value is -1.20. The van der Waals surface area contributed by atoms with E-state index in [0.29, 0.717) is 6.04 Å². The molecule has 0 radical (unpaired) electrons. The van der Waals surface area contributed by atoms with E-state index in [1.165, 1.54) is 0 Å². The Bertz CT molecular complexity index is 413. The van der Waals surface area contributed by atoms with Crippen LogP contribution in [0.3, 0.4) is 0 Å². The number of rotatable bonds is 6. The van der Waals surface area contributed by atoms with Crippen LogP contribution in [0.2, 0.25) is 0 Å². The van der Waals surface area contributed by atoms with E-state index in [4.69, 9.17) is 9.72 Å². The lowest BCUT2D eigenvalue weighted by atomic mass is 10.1.